The minimum Gasteiger partial charge on any atom is -0.330 e. The van der Waals surface area contributed by atoms with Gasteiger partial charge in [-0.1, -0.05) is 25.1 Å². The molecule has 0 fully saturated rings. The van der Waals surface area contributed by atoms with Gasteiger partial charge in [-0.15, -0.1) is 0 Å². The van der Waals surface area contributed by atoms with E-state index < -0.39 is 0 Å². The Balaban J connectivity index is 2.89. The Morgan fingerprint density at radius 2 is 2.29 bits per heavy atom. The van der Waals surface area contributed by atoms with Gasteiger partial charge in [0.25, 0.3) is 0 Å². The molecule has 1 rings (SSSR count). The van der Waals surface area contributed by atoms with Gasteiger partial charge >= 0.3 is 0 Å². The van der Waals surface area contributed by atoms with Crippen molar-refractivity contribution >= 4 is 5.57 Å². The van der Waals surface area contributed by atoms with E-state index in [0.29, 0.717) is 6.54 Å². The lowest BCUT2D eigenvalue weighted by Crippen LogP contribution is -1.96. The van der Waals surface area contributed by atoms with Crippen molar-refractivity contribution < 1.29 is 4.39 Å². The number of hydrogen-bond donors (Lipinski definition) is 1. The molecule has 0 radical (unpaired) electrons. The zero-order valence-electron chi connectivity index (χ0n) is 8.46. The number of halogens is 1. The van der Waals surface area contributed by atoms with E-state index >= 15 is 0 Å². The number of hydrogen-bond acceptors (Lipinski definition) is 1. The lowest BCUT2D eigenvalue weighted by molar-refractivity contribution is 0.627. The van der Waals surface area contributed by atoms with Crippen LogP contribution in [0.15, 0.2) is 30.3 Å². The predicted octanol–water partition coefficient (Wildman–Crippen LogP) is 2.97. The quantitative estimate of drug-likeness (QED) is 0.781. The van der Waals surface area contributed by atoms with Gasteiger partial charge < -0.3 is 5.73 Å². The van der Waals surface area contributed by atoms with Crippen LogP contribution in [-0.4, -0.2) is 6.54 Å². The van der Waals surface area contributed by atoms with Crippen LogP contribution in [-0.2, 0) is 0 Å². The highest BCUT2D eigenvalue weighted by molar-refractivity contribution is 5.65. The molecule has 76 valence electrons. The average molecular weight is 193 g/mol. The molecule has 2 heteroatoms. The molecule has 2 N–H and O–H groups in total. The Labute approximate surface area is 84.4 Å². The van der Waals surface area contributed by atoms with E-state index in [1.807, 2.05) is 6.07 Å². The second kappa shape index (κ2) is 5.55. The van der Waals surface area contributed by atoms with E-state index in [1.165, 1.54) is 6.07 Å². The first-order valence-electron chi connectivity index (χ1n) is 4.93. The smallest absolute Gasteiger partial charge is 0.123 e. The summed E-state index contributed by atoms with van der Waals surface area (Å²) in [5.41, 5.74) is 7.54. The second-order valence-corrected chi connectivity index (χ2v) is 3.17. The largest absolute Gasteiger partial charge is 0.330 e. The molecule has 0 bridgehead atoms. The number of allylic oxidation sites excluding steroid dienone is 1. The monoisotopic (exact) mass is 193 g/mol. The zero-order chi connectivity index (χ0) is 10.4. The van der Waals surface area contributed by atoms with Crippen molar-refractivity contribution in [3.05, 3.63) is 41.7 Å². The van der Waals surface area contributed by atoms with Crippen LogP contribution in [0.2, 0.25) is 0 Å². The van der Waals surface area contributed by atoms with E-state index in [1.54, 1.807) is 12.1 Å². The standard InChI is InChI=1S/C12H16FN/c1-2-10(6-4-8-14)11-5-3-7-12(13)9-11/h3,5-7,9H,2,4,8,14H2,1H3/b10-6-. The Morgan fingerprint density at radius 1 is 1.50 bits per heavy atom. The molecule has 0 amide bonds. The molecule has 0 aromatic heterocycles. The fourth-order valence-corrected chi connectivity index (χ4v) is 1.41. The van der Waals surface area contributed by atoms with E-state index in [0.717, 1.165) is 24.0 Å². The summed E-state index contributed by atoms with van der Waals surface area (Å²) in [4.78, 5) is 0. The van der Waals surface area contributed by atoms with Crippen LogP contribution in [0.5, 0.6) is 0 Å². The SMILES string of the molecule is CC/C(=C/CCN)c1cccc(F)c1. The maximum absolute atomic E-state index is 12.9. The minimum absolute atomic E-state index is 0.186. The Morgan fingerprint density at radius 3 is 2.86 bits per heavy atom. The molecule has 0 aliphatic heterocycles. The normalized spacial score (nSPS) is 11.8. The van der Waals surface area contributed by atoms with Crippen LogP contribution in [0.4, 0.5) is 4.39 Å². The van der Waals surface area contributed by atoms with Crippen molar-refractivity contribution in [3.63, 3.8) is 0 Å². The van der Waals surface area contributed by atoms with E-state index in [4.69, 9.17) is 5.73 Å². The van der Waals surface area contributed by atoms with Crippen LogP contribution in [0.25, 0.3) is 5.57 Å². The number of benzene rings is 1. The maximum Gasteiger partial charge on any atom is 0.123 e. The van der Waals surface area contributed by atoms with E-state index in [9.17, 15) is 4.39 Å². The minimum atomic E-state index is -0.186. The van der Waals surface area contributed by atoms with Crippen LogP contribution in [0, 0.1) is 5.82 Å². The third-order valence-corrected chi connectivity index (χ3v) is 2.13. The first-order valence-corrected chi connectivity index (χ1v) is 4.93. The van der Waals surface area contributed by atoms with E-state index in [2.05, 4.69) is 13.0 Å². The summed E-state index contributed by atoms with van der Waals surface area (Å²) in [7, 11) is 0. The molecule has 0 aliphatic carbocycles. The summed E-state index contributed by atoms with van der Waals surface area (Å²) < 4.78 is 12.9. The van der Waals surface area contributed by atoms with Crippen LogP contribution in [0.1, 0.15) is 25.3 Å². The topological polar surface area (TPSA) is 26.0 Å². The summed E-state index contributed by atoms with van der Waals surface area (Å²) in [5, 5.41) is 0. The van der Waals surface area contributed by atoms with Gasteiger partial charge in [-0.05, 0) is 42.7 Å². The molecule has 14 heavy (non-hydrogen) atoms. The van der Waals surface area contributed by atoms with Gasteiger partial charge in [0.1, 0.15) is 5.82 Å². The molecular formula is C12H16FN. The fourth-order valence-electron chi connectivity index (χ4n) is 1.41. The Bertz CT molecular complexity index is 318. The Kier molecular flexibility index (Phi) is 4.33. The Hall–Kier alpha value is -1.15. The highest BCUT2D eigenvalue weighted by Crippen LogP contribution is 2.19. The fraction of sp³-hybridized carbons (Fsp3) is 0.333. The van der Waals surface area contributed by atoms with Crippen molar-refractivity contribution in [3.8, 4) is 0 Å². The third-order valence-electron chi connectivity index (χ3n) is 2.13. The van der Waals surface area contributed by atoms with Crippen molar-refractivity contribution in [2.75, 3.05) is 6.54 Å². The molecule has 0 aliphatic rings. The maximum atomic E-state index is 12.9. The summed E-state index contributed by atoms with van der Waals surface area (Å²) in [6.45, 7) is 2.70. The van der Waals surface area contributed by atoms with Gasteiger partial charge in [0.2, 0.25) is 0 Å². The lowest BCUT2D eigenvalue weighted by Gasteiger charge is -2.04. The van der Waals surface area contributed by atoms with Gasteiger partial charge in [0.15, 0.2) is 0 Å². The van der Waals surface area contributed by atoms with Crippen molar-refractivity contribution in [1.29, 1.82) is 0 Å². The molecule has 1 aromatic carbocycles. The molecular weight excluding hydrogens is 177 g/mol. The van der Waals surface area contributed by atoms with Gasteiger partial charge in [-0.2, -0.15) is 0 Å². The molecule has 0 saturated carbocycles. The van der Waals surface area contributed by atoms with Gasteiger partial charge in [-0.3, -0.25) is 0 Å². The van der Waals surface area contributed by atoms with Gasteiger partial charge in [-0.25, -0.2) is 4.39 Å². The van der Waals surface area contributed by atoms with Crippen LogP contribution in [0.3, 0.4) is 0 Å². The summed E-state index contributed by atoms with van der Waals surface area (Å²) in [6, 6.07) is 6.68. The molecule has 0 unspecified atom stereocenters. The first-order chi connectivity index (χ1) is 6.77. The molecule has 0 atom stereocenters. The number of nitrogens with two attached hydrogens (primary N) is 1. The summed E-state index contributed by atoms with van der Waals surface area (Å²) >= 11 is 0. The number of rotatable bonds is 4. The van der Waals surface area contributed by atoms with Crippen molar-refractivity contribution in [2.45, 2.75) is 19.8 Å². The van der Waals surface area contributed by atoms with Crippen LogP contribution < -0.4 is 5.73 Å². The molecule has 0 spiro atoms. The van der Waals surface area contributed by atoms with Gasteiger partial charge in [0.05, 0.1) is 0 Å². The van der Waals surface area contributed by atoms with Crippen LogP contribution >= 0.6 is 0 Å². The predicted molar refractivity (Wildman–Crippen MR) is 58.3 cm³/mol. The van der Waals surface area contributed by atoms with E-state index in [-0.39, 0.29) is 5.82 Å². The van der Waals surface area contributed by atoms with Gasteiger partial charge in [0, 0.05) is 0 Å². The molecule has 1 nitrogen and oxygen atoms in total. The summed E-state index contributed by atoms with van der Waals surface area (Å²) in [5.74, 6) is -0.186. The third kappa shape index (κ3) is 2.96. The molecule has 0 saturated heterocycles. The first kappa shape index (κ1) is 10.9. The highest BCUT2D eigenvalue weighted by atomic mass is 19.1. The second-order valence-electron chi connectivity index (χ2n) is 3.17. The average Bonchev–Trinajstić information content (AvgIpc) is 2.19. The highest BCUT2D eigenvalue weighted by Gasteiger charge is 1.99. The lowest BCUT2D eigenvalue weighted by atomic mass is 10.0. The zero-order valence-corrected chi connectivity index (χ0v) is 8.46. The van der Waals surface area contributed by atoms with Crippen molar-refractivity contribution in [1.82, 2.24) is 0 Å². The molecule has 0 heterocycles. The molecule has 1 aromatic rings. The summed E-state index contributed by atoms with van der Waals surface area (Å²) in [6.07, 6.45) is 3.83. The van der Waals surface area contributed by atoms with Crippen molar-refractivity contribution in [2.24, 2.45) is 5.73 Å².